The maximum absolute atomic E-state index is 13.3. The van der Waals surface area contributed by atoms with Crippen LogP contribution in [0.15, 0.2) is 28.7 Å². The van der Waals surface area contributed by atoms with E-state index in [0.29, 0.717) is 6.54 Å². The molecule has 2 aromatic rings. The minimum atomic E-state index is -0.259. The summed E-state index contributed by atoms with van der Waals surface area (Å²) in [4.78, 5) is 0. The maximum Gasteiger partial charge on any atom is 0.125 e. The summed E-state index contributed by atoms with van der Waals surface area (Å²) in [5.74, 6) is -0.259. The van der Waals surface area contributed by atoms with Gasteiger partial charge in [0, 0.05) is 12.0 Å². The summed E-state index contributed by atoms with van der Waals surface area (Å²) in [5.41, 5.74) is 8.58. The summed E-state index contributed by atoms with van der Waals surface area (Å²) in [5, 5.41) is 4.65. The topological polar surface area (TPSA) is 43.8 Å². The lowest BCUT2D eigenvalue weighted by Gasteiger charge is -2.08. The van der Waals surface area contributed by atoms with E-state index >= 15 is 0 Å². The van der Waals surface area contributed by atoms with Crippen LogP contribution >= 0.6 is 15.9 Å². The van der Waals surface area contributed by atoms with Crippen LogP contribution in [-0.2, 0) is 5.41 Å². The molecule has 0 aliphatic heterocycles. The van der Waals surface area contributed by atoms with Crippen molar-refractivity contribution in [1.82, 2.24) is 9.78 Å². The van der Waals surface area contributed by atoms with E-state index in [1.165, 1.54) is 12.1 Å². The molecule has 5 heteroatoms. The molecule has 1 aromatic carbocycles. The summed E-state index contributed by atoms with van der Waals surface area (Å²) in [6, 6.07) is 6.45. The molecule has 2 N–H and O–H groups in total. The van der Waals surface area contributed by atoms with Gasteiger partial charge in [0.1, 0.15) is 5.82 Å². The van der Waals surface area contributed by atoms with E-state index in [2.05, 4.69) is 21.0 Å². The monoisotopic (exact) mass is 323 g/mol. The highest BCUT2D eigenvalue weighted by atomic mass is 79.9. The van der Waals surface area contributed by atoms with Crippen LogP contribution in [-0.4, -0.2) is 16.3 Å². The molecule has 0 spiro atoms. The molecule has 0 radical (unpaired) electrons. The first-order valence-corrected chi connectivity index (χ1v) is 7.08. The Kier molecular flexibility index (Phi) is 2.98. The molecule has 3 nitrogen and oxygen atoms in total. The van der Waals surface area contributed by atoms with Crippen LogP contribution in [0.25, 0.3) is 5.69 Å². The maximum atomic E-state index is 13.3. The Hall–Kier alpha value is -1.20. The van der Waals surface area contributed by atoms with E-state index in [0.717, 1.165) is 34.4 Å². The van der Waals surface area contributed by atoms with Crippen molar-refractivity contribution in [3.63, 3.8) is 0 Å². The second-order valence-electron chi connectivity index (χ2n) is 5.12. The van der Waals surface area contributed by atoms with Crippen LogP contribution in [0.5, 0.6) is 0 Å². The molecule has 0 bridgehead atoms. The van der Waals surface area contributed by atoms with Crippen molar-refractivity contribution in [2.24, 2.45) is 5.73 Å². The molecule has 1 saturated carbocycles. The van der Waals surface area contributed by atoms with Gasteiger partial charge in [0.15, 0.2) is 0 Å². The number of hydrogen-bond acceptors (Lipinski definition) is 2. The SMILES string of the molecule is Cc1c(Br)c(C2(CN)CC2)nn1-c1cccc(F)c1. The van der Waals surface area contributed by atoms with Gasteiger partial charge in [-0.05, 0) is 53.9 Å². The molecular weight excluding hydrogens is 309 g/mol. The van der Waals surface area contributed by atoms with Gasteiger partial charge in [-0.15, -0.1) is 0 Å². The quantitative estimate of drug-likeness (QED) is 0.943. The lowest BCUT2D eigenvalue weighted by molar-refractivity contribution is 0.623. The molecular formula is C14H15BrFN3. The predicted molar refractivity (Wildman–Crippen MR) is 75.9 cm³/mol. The molecule has 19 heavy (non-hydrogen) atoms. The number of halogens is 2. The summed E-state index contributed by atoms with van der Waals surface area (Å²) in [7, 11) is 0. The molecule has 0 amide bonds. The van der Waals surface area contributed by atoms with Gasteiger partial charge in [-0.2, -0.15) is 5.10 Å². The molecule has 0 saturated heterocycles. The summed E-state index contributed by atoms with van der Waals surface area (Å²) in [6.45, 7) is 2.57. The zero-order valence-corrected chi connectivity index (χ0v) is 12.2. The Morgan fingerprint density at radius 2 is 2.21 bits per heavy atom. The van der Waals surface area contributed by atoms with Crippen LogP contribution in [0.1, 0.15) is 24.2 Å². The average molecular weight is 324 g/mol. The summed E-state index contributed by atoms with van der Waals surface area (Å²) >= 11 is 3.60. The summed E-state index contributed by atoms with van der Waals surface area (Å²) in [6.07, 6.45) is 2.14. The van der Waals surface area contributed by atoms with Crippen LogP contribution in [0, 0.1) is 12.7 Å². The number of rotatable bonds is 3. The lowest BCUT2D eigenvalue weighted by atomic mass is 10.0. The van der Waals surface area contributed by atoms with E-state index in [1.807, 2.05) is 13.0 Å². The highest BCUT2D eigenvalue weighted by Crippen LogP contribution is 2.49. The van der Waals surface area contributed by atoms with Crippen LogP contribution in [0.4, 0.5) is 4.39 Å². The van der Waals surface area contributed by atoms with E-state index in [1.54, 1.807) is 10.7 Å². The van der Waals surface area contributed by atoms with Gasteiger partial charge in [-0.3, -0.25) is 0 Å². The van der Waals surface area contributed by atoms with Gasteiger partial charge < -0.3 is 5.73 Å². The highest BCUT2D eigenvalue weighted by Gasteiger charge is 2.47. The van der Waals surface area contributed by atoms with Crippen LogP contribution < -0.4 is 5.73 Å². The average Bonchev–Trinajstić information content (AvgIpc) is 3.14. The molecule has 1 aliphatic carbocycles. The van der Waals surface area contributed by atoms with Crippen molar-refractivity contribution in [2.75, 3.05) is 6.54 Å². The largest absolute Gasteiger partial charge is 0.330 e. The molecule has 0 atom stereocenters. The summed E-state index contributed by atoms with van der Waals surface area (Å²) < 4.78 is 16.1. The van der Waals surface area contributed by atoms with E-state index in [9.17, 15) is 4.39 Å². The Labute approximate surface area is 119 Å². The fourth-order valence-corrected chi connectivity index (χ4v) is 3.04. The lowest BCUT2D eigenvalue weighted by Crippen LogP contribution is -2.21. The van der Waals surface area contributed by atoms with Gasteiger partial charge in [-0.1, -0.05) is 6.07 Å². The van der Waals surface area contributed by atoms with E-state index in [-0.39, 0.29) is 11.2 Å². The zero-order valence-electron chi connectivity index (χ0n) is 10.7. The van der Waals surface area contributed by atoms with Gasteiger partial charge in [0.05, 0.1) is 21.5 Å². The Morgan fingerprint density at radius 3 is 2.79 bits per heavy atom. The fourth-order valence-electron chi connectivity index (χ4n) is 2.37. The highest BCUT2D eigenvalue weighted by molar-refractivity contribution is 9.10. The first-order chi connectivity index (χ1) is 9.07. The molecule has 1 fully saturated rings. The van der Waals surface area contributed by atoms with Gasteiger partial charge in [0.25, 0.3) is 0 Å². The number of benzene rings is 1. The number of hydrogen-bond donors (Lipinski definition) is 1. The normalized spacial score (nSPS) is 16.6. The van der Waals surface area contributed by atoms with Gasteiger partial charge in [0.2, 0.25) is 0 Å². The second-order valence-corrected chi connectivity index (χ2v) is 5.92. The zero-order chi connectivity index (χ0) is 13.6. The van der Waals surface area contributed by atoms with Crippen molar-refractivity contribution in [1.29, 1.82) is 0 Å². The van der Waals surface area contributed by atoms with Crippen molar-refractivity contribution >= 4 is 15.9 Å². The third-order valence-corrected chi connectivity index (χ3v) is 4.79. The standard InChI is InChI=1S/C14H15BrFN3/c1-9-12(15)13(14(8-17)5-6-14)18-19(9)11-4-2-3-10(16)7-11/h2-4,7H,5-6,8,17H2,1H3. The molecule has 1 aliphatic rings. The van der Waals surface area contributed by atoms with Gasteiger partial charge in [-0.25, -0.2) is 9.07 Å². The number of aromatic nitrogens is 2. The third kappa shape index (κ3) is 2.01. The minimum Gasteiger partial charge on any atom is -0.330 e. The van der Waals surface area contributed by atoms with Crippen molar-refractivity contribution in [3.8, 4) is 5.69 Å². The fraction of sp³-hybridized carbons (Fsp3) is 0.357. The van der Waals surface area contributed by atoms with E-state index < -0.39 is 0 Å². The number of nitrogens with zero attached hydrogens (tertiary/aromatic N) is 2. The smallest absolute Gasteiger partial charge is 0.125 e. The third-order valence-electron chi connectivity index (χ3n) is 3.84. The van der Waals surface area contributed by atoms with Crippen LogP contribution in [0.2, 0.25) is 0 Å². The molecule has 1 aromatic heterocycles. The first-order valence-electron chi connectivity index (χ1n) is 6.29. The first kappa shape index (κ1) is 12.8. The second kappa shape index (κ2) is 4.42. The Balaban J connectivity index is 2.11. The number of nitrogens with two attached hydrogens (primary N) is 1. The molecule has 3 rings (SSSR count). The van der Waals surface area contributed by atoms with Crippen molar-refractivity contribution in [3.05, 3.63) is 45.9 Å². The van der Waals surface area contributed by atoms with Gasteiger partial charge >= 0.3 is 0 Å². The van der Waals surface area contributed by atoms with Crippen molar-refractivity contribution in [2.45, 2.75) is 25.2 Å². The Morgan fingerprint density at radius 1 is 1.47 bits per heavy atom. The predicted octanol–water partition coefficient (Wildman–Crippen LogP) is 3.07. The minimum absolute atomic E-state index is 0.0160. The Bertz CT molecular complexity index is 632. The van der Waals surface area contributed by atoms with Crippen LogP contribution in [0.3, 0.4) is 0 Å². The molecule has 1 heterocycles. The van der Waals surface area contributed by atoms with E-state index in [4.69, 9.17) is 5.73 Å². The molecule has 100 valence electrons. The molecule has 0 unspecified atom stereocenters. The van der Waals surface area contributed by atoms with Crippen molar-refractivity contribution < 1.29 is 4.39 Å².